The largest absolute Gasteiger partial charge is 0.382 e. The second kappa shape index (κ2) is 8.09. The van der Waals surface area contributed by atoms with Crippen LogP contribution in [0.4, 0.5) is 0 Å². The molecule has 2 atom stereocenters. The van der Waals surface area contributed by atoms with Crippen LogP contribution in [0.25, 0.3) is 0 Å². The number of hydrogen-bond acceptors (Lipinski definition) is 3. The van der Waals surface area contributed by atoms with Crippen LogP contribution in [-0.2, 0) is 4.74 Å². The molecule has 1 aromatic carbocycles. The predicted molar refractivity (Wildman–Crippen MR) is 83.7 cm³/mol. The van der Waals surface area contributed by atoms with Crippen molar-refractivity contribution in [3.63, 3.8) is 0 Å². The number of aliphatic imine (C=N–C) groups is 1. The quantitative estimate of drug-likeness (QED) is 0.378. The van der Waals surface area contributed by atoms with E-state index >= 15 is 0 Å². The summed E-state index contributed by atoms with van der Waals surface area (Å²) >= 11 is 5.91. The monoisotopic (exact) mass is 298 g/mol. The van der Waals surface area contributed by atoms with Crippen LogP contribution in [0.5, 0.6) is 0 Å². The van der Waals surface area contributed by atoms with Gasteiger partial charge >= 0.3 is 0 Å². The molecule has 0 saturated carbocycles. The second-order valence-electron chi connectivity index (χ2n) is 4.74. The van der Waals surface area contributed by atoms with Crippen LogP contribution in [0.2, 0.25) is 5.02 Å². The number of nitrogens with one attached hydrogen (secondary N) is 1. The number of nitrogens with two attached hydrogens (primary N) is 1. The van der Waals surface area contributed by atoms with E-state index in [4.69, 9.17) is 22.2 Å². The lowest BCUT2D eigenvalue weighted by molar-refractivity contribution is 0.185. The Hall–Kier alpha value is -1.30. The van der Waals surface area contributed by atoms with E-state index in [-0.39, 0.29) is 12.1 Å². The van der Waals surface area contributed by atoms with Crippen LogP contribution < -0.4 is 11.3 Å². The van der Waals surface area contributed by atoms with Gasteiger partial charge in [-0.15, -0.1) is 0 Å². The van der Waals surface area contributed by atoms with Crippen molar-refractivity contribution >= 4 is 17.6 Å². The zero-order valence-corrected chi connectivity index (χ0v) is 13.2. The highest BCUT2D eigenvalue weighted by Gasteiger charge is 2.16. The average Bonchev–Trinajstić information content (AvgIpc) is 2.44. The molecule has 0 bridgehead atoms. The lowest BCUT2D eigenvalue weighted by atomic mass is 10.1. The van der Waals surface area contributed by atoms with Crippen LogP contribution >= 0.6 is 11.6 Å². The molecule has 0 aliphatic heterocycles. The maximum absolute atomic E-state index is 5.91. The Bertz CT molecular complexity index is 435. The van der Waals surface area contributed by atoms with E-state index in [9.17, 15) is 0 Å². The van der Waals surface area contributed by atoms with Crippen molar-refractivity contribution in [3.8, 4) is 0 Å². The maximum atomic E-state index is 5.91. The minimum atomic E-state index is 0.0333. The summed E-state index contributed by atoms with van der Waals surface area (Å²) in [6, 6.07) is 7.90. The fraction of sp³-hybridized carbons (Fsp3) is 0.500. The fourth-order valence-electron chi connectivity index (χ4n) is 1.87. The number of nitrogens with zero attached hydrogens (tertiary/aromatic N) is 2. The molecule has 1 rings (SSSR count). The first-order valence-electron chi connectivity index (χ1n) is 6.51. The molecule has 0 aliphatic rings. The summed E-state index contributed by atoms with van der Waals surface area (Å²) in [6.45, 7) is 4.60. The Kier molecular flexibility index (Phi) is 6.78. The number of guanidine groups is 1. The van der Waals surface area contributed by atoms with Crippen molar-refractivity contribution in [2.75, 3.05) is 20.8 Å². The standard InChI is InChI=1S/C14H23ClN4O/c1-10(9-20-4)17-14(18-16)19(3)11(2)12-5-7-13(15)8-6-12/h5-8,10-11H,9,16H2,1-4H3,(H,17,18). The third kappa shape index (κ3) is 4.67. The highest BCUT2D eigenvalue weighted by atomic mass is 35.5. The lowest BCUT2D eigenvalue weighted by Gasteiger charge is -2.28. The lowest BCUT2D eigenvalue weighted by Crippen LogP contribution is -2.44. The molecule has 0 aliphatic carbocycles. The molecule has 0 aromatic heterocycles. The Morgan fingerprint density at radius 1 is 1.40 bits per heavy atom. The number of hydrogen-bond donors (Lipinski definition) is 2. The number of ether oxygens (including phenoxy) is 1. The third-order valence-corrected chi connectivity index (χ3v) is 3.40. The molecule has 0 heterocycles. The molecule has 6 heteroatoms. The van der Waals surface area contributed by atoms with Crippen molar-refractivity contribution in [1.82, 2.24) is 10.3 Å². The minimum absolute atomic E-state index is 0.0333. The van der Waals surface area contributed by atoms with E-state index in [1.54, 1.807) is 7.11 Å². The smallest absolute Gasteiger partial charge is 0.208 e. The summed E-state index contributed by atoms with van der Waals surface area (Å²) in [5.74, 6) is 6.20. The van der Waals surface area contributed by atoms with Gasteiger partial charge in [0.05, 0.1) is 18.7 Å². The van der Waals surface area contributed by atoms with E-state index in [2.05, 4.69) is 17.3 Å². The number of methoxy groups -OCH3 is 1. The van der Waals surface area contributed by atoms with Crippen molar-refractivity contribution in [3.05, 3.63) is 34.9 Å². The van der Waals surface area contributed by atoms with E-state index < -0.39 is 0 Å². The first kappa shape index (κ1) is 16.8. The third-order valence-electron chi connectivity index (χ3n) is 3.15. The maximum Gasteiger partial charge on any atom is 0.208 e. The van der Waals surface area contributed by atoms with Gasteiger partial charge < -0.3 is 9.64 Å². The number of rotatable bonds is 5. The molecule has 5 nitrogen and oxygen atoms in total. The summed E-state index contributed by atoms with van der Waals surface area (Å²) in [4.78, 5) is 6.49. The summed E-state index contributed by atoms with van der Waals surface area (Å²) in [7, 11) is 3.60. The normalized spacial score (nSPS) is 14.8. The number of halogens is 1. The highest BCUT2D eigenvalue weighted by molar-refractivity contribution is 6.30. The number of benzene rings is 1. The van der Waals surface area contributed by atoms with Gasteiger partial charge in [-0.25, -0.2) is 10.8 Å². The molecular formula is C14H23ClN4O. The Balaban J connectivity index is 2.84. The summed E-state index contributed by atoms with van der Waals surface area (Å²) < 4.78 is 5.08. The molecule has 112 valence electrons. The average molecular weight is 299 g/mol. The topological polar surface area (TPSA) is 62.9 Å². The molecule has 2 unspecified atom stereocenters. The molecule has 1 aromatic rings. The molecular weight excluding hydrogens is 276 g/mol. The summed E-state index contributed by atoms with van der Waals surface area (Å²) in [5.41, 5.74) is 3.79. The van der Waals surface area contributed by atoms with Gasteiger partial charge in [0.2, 0.25) is 5.96 Å². The fourth-order valence-corrected chi connectivity index (χ4v) is 1.99. The van der Waals surface area contributed by atoms with E-state index in [0.717, 1.165) is 10.6 Å². The van der Waals surface area contributed by atoms with Gasteiger partial charge in [-0.3, -0.25) is 5.43 Å². The molecule has 0 saturated heterocycles. The molecule has 0 radical (unpaired) electrons. The van der Waals surface area contributed by atoms with Gasteiger partial charge in [-0.2, -0.15) is 0 Å². The van der Waals surface area contributed by atoms with Crippen LogP contribution in [0.1, 0.15) is 25.5 Å². The van der Waals surface area contributed by atoms with Gasteiger partial charge in [0.25, 0.3) is 0 Å². The summed E-state index contributed by atoms with van der Waals surface area (Å²) in [5, 5.41) is 0.725. The Morgan fingerprint density at radius 3 is 2.50 bits per heavy atom. The first-order valence-corrected chi connectivity index (χ1v) is 6.89. The molecule has 3 N–H and O–H groups in total. The van der Waals surface area contributed by atoms with Crippen molar-refractivity contribution < 1.29 is 4.74 Å². The summed E-state index contributed by atoms with van der Waals surface area (Å²) in [6.07, 6.45) is 0. The Labute approximate surface area is 125 Å². The van der Waals surface area contributed by atoms with Crippen molar-refractivity contribution in [2.24, 2.45) is 10.8 Å². The highest BCUT2D eigenvalue weighted by Crippen LogP contribution is 2.20. The number of hydrazine groups is 1. The van der Waals surface area contributed by atoms with Crippen LogP contribution in [-0.4, -0.2) is 37.7 Å². The molecule has 20 heavy (non-hydrogen) atoms. The zero-order valence-electron chi connectivity index (χ0n) is 12.4. The van der Waals surface area contributed by atoms with Gasteiger partial charge in [-0.05, 0) is 31.5 Å². The zero-order chi connectivity index (χ0) is 15.1. The van der Waals surface area contributed by atoms with E-state index in [1.807, 2.05) is 43.1 Å². The Morgan fingerprint density at radius 2 is 2.00 bits per heavy atom. The second-order valence-corrected chi connectivity index (χ2v) is 5.18. The van der Waals surface area contributed by atoms with E-state index in [1.165, 1.54) is 0 Å². The van der Waals surface area contributed by atoms with Gasteiger partial charge in [-0.1, -0.05) is 23.7 Å². The van der Waals surface area contributed by atoms with E-state index in [0.29, 0.717) is 12.6 Å². The minimum Gasteiger partial charge on any atom is -0.382 e. The van der Waals surface area contributed by atoms with Crippen molar-refractivity contribution in [2.45, 2.75) is 25.9 Å². The molecule has 0 fully saturated rings. The van der Waals surface area contributed by atoms with Crippen LogP contribution in [0.15, 0.2) is 29.3 Å². The van der Waals surface area contributed by atoms with Gasteiger partial charge in [0.15, 0.2) is 0 Å². The van der Waals surface area contributed by atoms with Crippen LogP contribution in [0, 0.1) is 0 Å². The molecule has 0 spiro atoms. The first-order chi connectivity index (χ1) is 9.49. The van der Waals surface area contributed by atoms with Crippen molar-refractivity contribution in [1.29, 1.82) is 0 Å². The van der Waals surface area contributed by atoms with Gasteiger partial charge in [0.1, 0.15) is 0 Å². The molecule has 0 amide bonds. The van der Waals surface area contributed by atoms with Gasteiger partial charge in [0, 0.05) is 19.2 Å². The SMILES string of the molecule is COCC(C)N=C(NN)N(C)C(C)c1ccc(Cl)cc1. The predicted octanol–water partition coefficient (Wildman–Crippen LogP) is 2.19. The van der Waals surface area contributed by atoms with Crippen LogP contribution in [0.3, 0.4) is 0 Å².